The van der Waals surface area contributed by atoms with Gasteiger partial charge in [0.05, 0.1) is 10.1 Å². The number of esters is 1. The molecule has 1 aromatic heterocycles. The highest BCUT2D eigenvalue weighted by Gasteiger charge is 2.09. The maximum Gasteiger partial charge on any atom is 0.316 e. The third-order valence-electron chi connectivity index (χ3n) is 2.96. The van der Waals surface area contributed by atoms with Crippen molar-refractivity contribution in [3.8, 4) is 0 Å². The standard InChI is InChI=1S/C17H18ClNO3S2/c1-11-5-12(2)7-13(6-11)19-16(20)8-22-17(21)10-23-9-14-3-4-15(18)24-14/h3-7H,8-10H2,1-2H3,(H,19,20). The zero-order valence-electron chi connectivity index (χ0n) is 13.4. The fourth-order valence-corrected chi connectivity index (χ4v) is 4.11. The Labute approximate surface area is 154 Å². The molecule has 24 heavy (non-hydrogen) atoms. The summed E-state index contributed by atoms with van der Waals surface area (Å²) in [4.78, 5) is 24.6. The molecular weight excluding hydrogens is 366 g/mol. The predicted molar refractivity (Wildman–Crippen MR) is 101 cm³/mol. The molecule has 2 aromatic rings. The lowest BCUT2D eigenvalue weighted by molar-refractivity contribution is -0.144. The van der Waals surface area contributed by atoms with E-state index in [0.717, 1.165) is 20.3 Å². The summed E-state index contributed by atoms with van der Waals surface area (Å²) >= 11 is 8.77. The number of hydrogen-bond donors (Lipinski definition) is 1. The van der Waals surface area contributed by atoms with E-state index in [1.165, 1.54) is 23.1 Å². The molecule has 0 saturated heterocycles. The number of thioether (sulfide) groups is 1. The Kier molecular flexibility index (Phi) is 7.15. The van der Waals surface area contributed by atoms with Gasteiger partial charge in [0.25, 0.3) is 5.91 Å². The molecule has 2 rings (SSSR count). The fourth-order valence-electron chi connectivity index (χ4n) is 2.10. The van der Waals surface area contributed by atoms with Gasteiger partial charge in [-0.1, -0.05) is 17.7 Å². The maximum absolute atomic E-state index is 11.8. The lowest BCUT2D eigenvalue weighted by Gasteiger charge is -2.08. The second-order valence-corrected chi connectivity index (χ2v) is 8.07. The van der Waals surface area contributed by atoms with Gasteiger partial charge in [0, 0.05) is 16.3 Å². The van der Waals surface area contributed by atoms with Crippen LogP contribution in [-0.4, -0.2) is 24.2 Å². The van der Waals surface area contributed by atoms with E-state index < -0.39 is 5.97 Å². The number of nitrogens with one attached hydrogen (secondary N) is 1. The molecule has 0 fully saturated rings. The molecule has 0 radical (unpaired) electrons. The van der Waals surface area contributed by atoms with Gasteiger partial charge >= 0.3 is 5.97 Å². The monoisotopic (exact) mass is 383 g/mol. The predicted octanol–water partition coefficient (Wildman–Crippen LogP) is 4.43. The average molecular weight is 384 g/mol. The van der Waals surface area contributed by atoms with Crippen molar-refractivity contribution in [1.29, 1.82) is 0 Å². The van der Waals surface area contributed by atoms with Crippen LogP contribution in [0.5, 0.6) is 0 Å². The third-order valence-corrected chi connectivity index (χ3v) is 5.33. The van der Waals surface area contributed by atoms with Gasteiger partial charge in [-0.05, 0) is 49.2 Å². The Morgan fingerprint density at radius 3 is 2.54 bits per heavy atom. The highest BCUT2D eigenvalue weighted by molar-refractivity contribution is 7.99. The topological polar surface area (TPSA) is 55.4 Å². The Balaban J connectivity index is 1.68. The van der Waals surface area contributed by atoms with E-state index in [1.54, 1.807) is 0 Å². The highest BCUT2D eigenvalue weighted by Crippen LogP contribution is 2.25. The van der Waals surface area contributed by atoms with E-state index in [9.17, 15) is 9.59 Å². The molecule has 0 saturated carbocycles. The van der Waals surface area contributed by atoms with Crippen molar-refractivity contribution in [2.75, 3.05) is 17.7 Å². The molecule has 0 unspecified atom stereocenters. The van der Waals surface area contributed by atoms with Crippen LogP contribution < -0.4 is 5.32 Å². The van der Waals surface area contributed by atoms with Crippen LogP contribution in [0.1, 0.15) is 16.0 Å². The Morgan fingerprint density at radius 2 is 1.92 bits per heavy atom. The molecule has 0 aliphatic heterocycles. The lowest BCUT2D eigenvalue weighted by atomic mass is 10.1. The molecule has 1 N–H and O–H groups in total. The van der Waals surface area contributed by atoms with Crippen molar-refractivity contribution in [2.24, 2.45) is 0 Å². The highest BCUT2D eigenvalue weighted by atomic mass is 35.5. The number of thiophene rings is 1. The summed E-state index contributed by atoms with van der Waals surface area (Å²) in [5.74, 6) is 0.148. The van der Waals surface area contributed by atoms with E-state index in [2.05, 4.69) is 5.32 Å². The SMILES string of the molecule is Cc1cc(C)cc(NC(=O)COC(=O)CSCc2ccc(Cl)s2)c1. The first kappa shape index (κ1) is 18.8. The first-order valence-corrected chi connectivity index (χ1v) is 9.63. The van der Waals surface area contributed by atoms with Gasteiger partial charge in [0.1, 0.15) is 0 Å². The van der Waals surface area contributed by atoms with Crippen molar-refractivity contribution in [3.05, 3.63) is 50.7 Å². The van der Waals surface area contributed by atoms with Crippen molar-refractivity contribution in [1.82, 2.24) is 0 Å². The van der Waals surface area contributed by atoms with Crippen LogP contribution in [0.2, 0.25) is 4.34 Å². The molecule has 0 bridgehead atoms. The molecule has 1 amide bonds. The molecule has 1 heterocycles. The van der Waals surface area contributed by atoms with Gasteiger partial charge < -0.3 is 10.1 Å². The van der Waals surface area contributed by atoms with Crippen molar-refractivity contribution >= 4 is 52.3 Å². The smallest absolute Gasteiger partial charge is 0.316 e. The van der Waals surface area contributed by atoms with Crippen LogP contribution in [0, 0.1) is 13.8 Å². The van der Waals surface area contributed by atoms with Crippen LogP contribution in [0.25, 0.3) is 0 Å². The Bertz CT molecular complexity index is 710. The fraction of sp³-hybridized carbons (Fsp3) is 0.294. The van der Waals surface area contributed by atoms with E-state index in [-0.39, 0.29) is 18.3 Å². The normalized spacial score (nSPS) is 10.5. The summed E-state index contributed by atoms with van der Waals surface area (Å²) in [7, 11) is 0. The van der Waals surface area contributed by atoms with Crippen LogP contribution in [-0.2, 0) is 20.1 Å². The molecule has 0 spiro atoms. The molecule has 4 nitrogen and oxygen atoms in total. The molecular formula is C17H18ClNO3S2. The maximum atomic E-state index is 11.8. The minimum absolute atomic E-state index is 0.201. The minimum atomic E-state index is -0.404. The number of aryl methyl sites for hydroxylation is 2. The van der Waals surface area contributed by atoms with Crippen molar-refractivity contribution in [2.45, 2.75) is 19.6 Å². The number of hydrogen-bond acceptors (Lipinski definition) is 5. The quantitative estimate of drug-likeness (QED) is 0.718. The summed E-state index contributed by atoms with van der Waals surface area (Å²) in [6, 6.07) is 9.53. The van der Waals surface area contributed by atoms with Crippen molar-refractivity contribution < 1.29 is 14.3 Å². The van der Waals surface area contributed by atoms with E-state index in [4.69, 9.17) is 16.3 Å². The number of ether oxygens (including phenoxy) is 1. The first-order chi connectivity index (χ1) is 11.4. The number of halogens is 1. The van der Waals surface area contributed by atoms with Crippen LogP contribution >= 0.6 is 34.7 Å². The Hall–Kier alpha value is -1.50. The van der Waals surface area contributed by atoms with E-state index in [0.29, 0.717) is 11.4 Å². The lowest BCUT2D eigenvalue weighted by Crippen LogP contribution is -2.21. The zero-order valence-corrected chi connectivity index (χ0v) is 15.8. The Morgan fingerprint density at radius 1 is 1.21 bits per heavy atom. The molecule has 7 heteroatoms. The molecule has 128 valence electrons. The third kappa shape index (κ3) is 6.55. The van der Waals surface area contributed by atoms with E-state index in [1.807, 2.05) is 44.2 Å². The summed E-state index contributed by atoms with van der Waals surface area (Å²) < 4.78 is 5.72. The summed E-state index contributed by atoms with van der Waals surface area (Å²) in [6.45, 7) is 3.64. The molecule has 0 aliphatic carbocycles. The number of carbonyl (C=O) groups is 2. The van der Waals surface area contributed by atoms with Gasteiger partial charge in [-0.15, -0.1) is 23.1 Å². The van der Waals surface area contributed by atoms with Gasteiger partial charge in [-0.2, -0.15) is 0 Å². The van der Waals surface area contributed by atoms with E-state index >= 15 is 0 Å². The zero-order chi connectivity index (χ0) is 17.5. The summed E-state index contributed by atoms with van der Waals surface area (Å²) in [5.41, 5.74) is 2.83. The second-order valence-electron chi connectivity index (χ2n) is 5.28. The second kappa shape index (κ2) is 9.11. The van der Waals surface area contributed by atoms with Gasteiger partial charge in [-0.3, -0.25) is 9.59 Å². The average Bonchev–Trinajstić information content (AvgIpc) is 2.89. The van der Waals surface area contributed by atoms with Crippen LogP contribution in [0.4, 0.5) is 5.69 Å². The van der Waals surface area contributed by atoms with Gasteiger partial charge in [0.15, 0.2) is 6.61 Å². The first-order valence-electron chi connectivity index (χ1n) is 7.28. The largest absolute Gasteiger partial charge is 0.455 e. The molecule has 1 aromatic carbocycles. The van der Waals surface area contributed by atoms with Crippen LogP contribution in [0.15, 0.2) is 30.3 Å². The van der Waals surface area contributed by atoms with Gasteiger partial charge in [0.2, 0.25) is 0 Å². The summed E-state index contributed by atoms with van der Waals surface area (Å²) in [6.07, 6.45) is 0. The minimum Gasteiger partial charge on any atom is -0.455 e. The number of carbonyl (C=O) groups excluding carboxylic acids is 2. The number of anilines is 1. The summed E-state index contributed by atoms with van der Waals surface area (Å²) in [5, 5.41) is 2.73. The number of rotatable bonds is 7. The number of amides is 1. The number of benzene rings is 1. The van der Waals surface area contributed by atoms with Crippen molar-refractivity contribution in [3.63, 3.8) is 0 Å². The van der Waals surface area contributed by atoms with Crippen LogP contribution in [0.3, 0.4) is 0 Å². The molecule has 0 atom stereocenters. The molecule has 0 aliphatic rings. The van der Waals surface area contributed by atoms with Gasteiger partial charge in [-0.25, -0.2) is 0 Å².